The first-order chi connectivity index (χ1) is 9.13. The highest BCUT2D eigenvalue weighted by Gasteiger charge is 2.34. The molecule has 0 bridgehead atoms. The van der Waals surface area contributed by atoms with Crippen molar-refractivity contribution in [1.82, 2.24) is 5.32 Å². The Morgan fingerprint density at radius 2 is 2.26 bits per heavy atom. The largest absolute Gasteiger partial charge is 0.379 e. The lowest BCUT2D eigenvalue weighted by atomic mass is 9.91. The fourth-order valence-electron chi connectivity index (χ4n) is 2.40. The maximum atomic E-state index is 13.3. The molecule has 104 valence electrons. The molecule has 0 amide bonds. The van der Waals surface area contributed by atoms with Crippen LogP contribution in [0.5, 0.6) is 0 Å². The van der Waals surface area contributed by atoms with E-state index < -0.39 is 0 Å². The molecule has 1 N–H and O–H groups in total. The Labute approximate surface area is 113 Å². The zero-order chi connectivity index (χ0) is 13.8. The Kier molecular flexibility index (Phi) is 4.66. The van der Waals surface area contributed by atoms with E-state index in [2.05, 4.69) is 12.2 Å². The molecule has 1 saturated heterocycles. The Morgan fingerprint density at radius 1 is 1.47 bits per heavy atom. The SMILES string of the molecule is CCCNC1COCC1C(=O)c1cc(F)ccc1C. The fourth-order valence-corrected chi connectivity index (χ4v) is 2.40. The number of hydrogen-bond donors (Lipinski definition) is 1. The molecule has 4 heteroatoms. The van der Waals surface area contributed by atoms with Gasteiger partial charge in [-0.05, 0) is 37.6 Å². The Balaban J connectivity index is 2.16. The van der Waals surface area contributed by atoms with Gasteiger partial charge in [0.25, 0.3) is 0 Å². The molecular formula is C15H20FNO2. The van der Waals surface area contributed by atoms with Crippen molar-refractivity contribution in [2.45, 2.75) is 26.3 Å². The lowest BCUT2D eigenvalue weighted by Crippen LogP contribution is -2.39. The zero-order valence-electron chi connectivity index (χ0n) is 11.4. The van der Waals surface area contributed by atoms with Gasteiger partial charge in [-0.3, -0.25) is 4.79 Å². The van der Waals surface area contributed by atoms with E-state index in [1.807, 2.05) is 6.92 Å². The fraction of sp³-hybridized carbons (Fsp3) is 0.533. The predicted octanol–water partition coefficient (Wildman–Crippen LogP) is 2.33. The summed E-state index contributed by atoms with van der Waals surface area (Å²) in [6.07, 6.45) is 1.01. The molecule has 1 aromatic rings. The summed E-state index contributed by atoms with van der Waals surface area (Å²) in [5.41, 5.74) is 1.28. The van der Waals surface area contributed by atoms with Crippen LogP contribution in [0.4, 0.5) is 4.39 Å². The molecule has 2 unspecified atom stereocenters. The van der Waals surface area contributed by atoms with Crippen LogP contribution in [0.25, 0.3) is 0 Å². The van der Waals surface area contributed by atoms with Gasteiger partial charge in [0.05, 0.1) is 19.1 Å². The molecule has 0 radical (unpaired) electrons. The molecule has 1 fully saturated rings. The first-order valence-electron chi connectivity index (χ1n) is 6.75. The number of carbonyl (C=O) groups is 1. The van der Waals surface area contributed by atoms with Crippen LogP contribution in [0.2, 0.25) is 0 Å². The first-order valence-corrected chi connectivity index (χ1v) is 6.75. The second-order valence-corrected chi connectivity index (χ2v) is 5.03. The van der Waals surface area contributed by atoms with E-state index >= 15 is 0 Å². The van der Waals surface area contributed by atoms with Crippen molar-refractivity contribution in [2.24, 2.45) is 5.92 Å². The Hall–Kier alpha value is -1.26. The molecule has 2 rings (SSSR count). The number of ketones is 1. The summed E-state index contributed by atoms with van der Waals surface area (Å²) in [6, 6.07) is 4.39. The third kappa shape index (κ3) is 3.19. The van der Waals surface area contributed by atoms with Crippen LogP contribution in [0, 0.1) is 18.7 Å². The predicted molar refractivity (Wildman–Crippen MR) is 71.9 cm³/mol. The maximum absolute atomic E-state index is 13.3. The second kappa shape index (κ2) is 6.26. The van der Waals surface area contributed by atoms with Crippen LogP contribution >= 0.6 is 0 Å². The van der Waals surface area contributed by atoms with Gasteiger partial charge in [0, 0.05) is 11.6 Å². The van der Waals surface area contributed by atoms with E-state index in [1.165, 1.54) is 12.1 Å². The lowest BCUT2D eigenvalue weighted by Gasteiger charge is -2.18. The molecule has 1 aliphatic heterocycles. The number of hydrogen-bond acceptors (Lipinski definition) is 3. The Bertz CT molecular complexity index is 461. The summed E-state index contributed by atoms with van der Waals surface area (Å²) in [5.74, 6) is -0.610. The van der Waals surface area contributed by atoms with Crippen molar-refractivity contribution in [3.63, 3.8) is 0 Å². The average molecular weight is 265 g/mol. The molecular weight excluding hydrogens is 245 g/mol. The molecule has 19 heavy (non-hydrogen) atoms. The van der Waals surface area contributed by atoms with Crippen molar-refractivity contribution < 1.29 is 13.9 Å². The minimum atomic E-state index is -0.370. The minimum Gasteiger partial charge on any atom is -0.379 e. The number of ether oxygens (including phenoxy) is 1. The number of Topliss-reactive ketones (excluding diaryl/α,β-unsaturated/α-hetero) is 1. The molecule has 0 saturated carbocycles. The molecule has 2 atom stereocenters. The van der Waals surface area contributed by atoms with Crippen LogP contribution in [-0.4, -0.2) is 31.6 Å². The van der Waals surface area contributed by atoms with Crippen molar-refractivity contribution in [1.29, 1.82) is 0 Å². The van der Waals surface area contributed by atoms with E-state index in [1.54, 1.807) is 6.07 Å². The summed E-state index contributed by atoms with van der Waals surface area (Å²) < 4.78 is 18.7. The van der Waals surface area contributed by atoms with Crippen LogP contribution < -0.4 is 5.32 Å². The van der Waals surface area contributed by atoms with Crippen LogP contribution in [-0.2, 0) is 4.74 Å². The van der Waals surface area contributed by atoms with Gasteiger partial charge in [0.1, 0.15) is 5.82 Å². The number of halogens is 1. The van der Waals surface area contributed by atoms with Gasteiger partial charge < -0.3 is 10.1 Å². The number of benzene rings is 1. The van der Waals surface area contributed by atoms with Gasteiger partial charge in [0.15, 0.2) is 5.78 Å². The van der Waals surface area contributed by atoms with Crippen molar-refractivity contribution in [3.05, 3.63) is 35.1 Å². The number of nitrogens with one attached hydrogen (secondary N) is 1. The zero-order valence-corrected chi connectivity index (χ0v) is 11.4. The van der Waals surface area contributed by atoms with Crippen LogP contribution in [0.3, 0.4) is 0 Å². The standard InChI is InChI=1S/C15H20FNO2/c1-3-6-17-14-9-19-8-13(14)15(18)12-7-11(16)5-4-10(12)2/h4-5,7,13-14,17H,3,6,8-9H2,1-2H3. The molecule has 3 nitrogen and oxygen atoms in total. The first kappa shape index (κ1) is 14.2. The summed E-state index contributed by atoms with van der Waals surface area (Å²) >= 11 is 0. The van der Waals surface area contributed by atoms with Gasteiger partial charge in [0.2, 0.25) is 0 Å². The monoisotopic (exact) mass is 265 g/mol. The van der Waals surface area contributed by atoms with Gasteiger partial charge in [-0.25, -0.2) is 4.39 Å². The van der Waals surface area contributed by atoms with Crippen molar-refractivity contribution >= 4 is 5.78 Å². The topological polar surface area (TPSA) is 38.3 Å². The molecule has 0 aromatic heterocycles. The van der Waals surface area contributed by atoms with E-state index in [-0.39, 0.29) is 23.6 Å². The highest BCUT2D eigenvalue weighted by atomic mass is 19.1. The van der Waals surface area contributed by atoms with Gasteiger partial charge in [-0.15, -0.1) is 0 Å². The van der Waals surface area contributed by atoms with Gasteiger partial charge in [-0.2, -0.15) is 0 Å². The van der Waals surface area contributed by atoms with E-state index in [9.17, 15) is 9.18 Å². The summed E-state index contributed by atoms with van der Waals surface area (Å²) in [7, 11) is 0. The molecule has 0 spiro atoms. The van der Waals surface area contributed by atoms with E-state index in [4.69, 9.17) is 4.74 Å². The third-order valence-electron chi connectivity index (χ3n) is 3.54. The molecule has 0 aliphatic carbocycles. The second-order valence-electron chi connectivity index (χ2n) is 5.03. The van der Waals surface area contributed by atoms with Crippen molar-refractivity contribution in [3.8, 4) is 0 Å². The minimum absolute atomic E-state index is 0.0249. The van der Waals surface area contributed by atoms with Gasteiger partial charge in [-0.1, -0.05) is 13.0 Å². The third-order valence-corrected chi connectivity index (χ3v) is 3.54. The molecule has 1 aliphatic rings. The lowest BCUT2D eigenvalue weighted by molar-refractivity contribution is 0.0890. The highest BCUT2D eigenvalue weighted by molar-refractivity contribution is 5.99. The Morgan fingerprint density at radius 3 is 3.00 bits per heavy atom. The number of rotatable bonds is 5. The van der Waals surface area contributed by atoms with E-state index in [0.717, 1.165) is 18.5 Å². The van der Waals surface area contributed by atoms with Crippen molar-refractivity contribution in [2.75, 3.05) is 19.8 Å². The number of carbonyl (C=O) groups excluding carboxylic acids is 1. The molecule has 1 aromatic carbocycles. The summed E-state index contributed by atoms with van der Waals surface area (Å²) in [5, 5.41) is 3.33. The average Bonchev–Trinajstić information content (AvgIpc) is 2.86. The van der Waals surface area contributed by atoms with Gasteiger partial charge >= 0.3 is 0 Å². The smallest absolute Gasteiger partial charge is 0.170 e. The summed E-state index contributed by atoms with van der Waals surface area (Å²) in [6.45, 7) is 5.73. The van der Waals surface area contributed by atoms with E-state index in [0.29, 0.717) is 18.8 Å². The number of aryl methyl sites for hydroxylation is 1. The highest BCUT2D eigenvalue weighted by Crippen LogP contribution is 2.22. The van der Waals surface area contributed by atoms with Crippen LogP contribution in [0.15, 0.2) is 18.2 Å². The normalized spacial score (nSPS) is 22.7. The quantitative estimate of drug-likeness (QED) is 0.830. The van der Waals surface area contributed by atoms with Crippen LogP contribution in [0.1, 0.15) is 29.3 Å². The maximum Gasteiger partial charge on any atom is 0.170 e. The summed E-state index contributed by atoms with van der Waals surface area (Å²) in [4.78, 5) is 12.5. The molecule has 1 heterocycles.